The molecule has 0 aliphatic heterocycles. The highest BCUT2D eigenvalue weighted by molar-refractivity contribution is 5.99. The van der Waals surface area contributed by atoms with Gasteiger partial charge in [0, 0.05) is 18.7 Å². The lowest BCUT2D eigenvalue weighted by molar-refractivity contribution is -0.140. The van der Waals surface area contributed by atoms with E-state index in [0.717, 1.165) is 11.1 Å². The van der Waals surface area contributed by atoms with E-state index in [0.29, 0.717) is 22.6 Å². The van der Waals surface area contributed by atoms with Crippen molar-refractivity contribution in [2.75, 3.05) is 19.0 Å². The van der Waals surface area contributed by atoms with E-state index in [1.54, 1.807) is 70.4 Å². The molecule has 3 N–H and O–H groups in total. The summed E-state index contributed by atoms with van der Waals surface area (Å²) in [7, 11) is 1.56. The van der Waals surface area contributed by atoms with Gasteiger partial charge in [0.1, 0.15) is 29.2 Å². The molecule has 43 heavy (non-hydrogen) atoms. The van der Waals surface area contributed by atoms with Crippen LogP contribution in [-0.4, -0.2) is 53.2 Å². The van der Waals surface area contributed by atoms with Crippen LogP contribution in [0.5, 0.6) is 11.5 Å². The van der Waals surface area contributed by atoms with Crippen LogP contribution >= 0.6 is 0 Å². The molecule has 0 aromatic heterocycles. The number of carbonyl (C=O) groups is 3. The monoisotopic (exact) mass is 587 g/mol. The molecule has 0 fully saturated rings. The lowest BCUT2D eigenvalue weighted by Gasteiger charge is -2.34. The minimum absolute atomic E-state index is 0.0227. The first kappa shape index (κ1) is 32.7. The fourth-order valence-corrected chi connectivity index (χ4v) is 4.65. The largest absolute Gasteiger partial charge is 0.508 e. The third-order valence-corrected chi connectivity index (χ3v) is 6.61. The van der Waals surface area contributed by atoms with Crippen LogP contribution in [0.15, 0.2) is 79.4 Å². The van der Waals surface area contributed by atoms with E-state index in [2.05, 4.69) is 17.2 Å². The van der Waals surface area contributed by atoms with Gasteiger partial charge in [0.05, 0.1) is 7.11 Å². The van der Waals surface area contributed by atoms with Crippen LogP contribution in [0.2, 0.25) is 0 Å². The van der Waals surface area contributed by atoms with E-state index in [9.17, 15) is 19.5 Å². The minimum Gasteiger partial charge on any atom is -0.508 e. The highest BCUT2D eigenvalue weighted by atomic mass is 16.6. The van der Waals surface area contributed by atoms with Gasteiger partial charge < -0.3 is 30.1 Å². The van der Waals surface area contributed by atoms with E-state index in [1.165, 1.54) is 17.0 Å². The van der Waals surface area contributed by atoms with Crippen molar-refractivity contribution in [2.45, 2.75) is 58.7 Å². The maximum Gasteiger partial charge on any atom is 0.408 e. The average molecular weight is 588 g/mol. The van der Waals surface area contributed by atoms with Crippen molar-refractivity contribution < 1.29 is 29.0 Å². The van der Waals surface area contributed by atoms with Gasteiger partial charge in [0.2, 0.25) is 5.91 Å². The van der Waals surface area contributed by atoms with E-state index < -0.39 is 35.6 Å². The first-order valence-corrected chi connectivity index (χ1v) is 14.0. The number of hydrogen-bond donors (Lipinski definition) is 3. The fourth-order valence-electron chi connectivity index (χ4n) is 4.65. The minimum atomic E-state index is -1.10. The zero-order valence-electron chi connectivity index (χ0n) is 25.6. The SMILES string of the molecule is C=CCN(C(=O)C(Cc1ccc(O)cc1)NC(=O)OC(C)(C)C)C(C(=O)Nc1ccc(OC)cc1)c1ccc(C)cc1C. The number of nitrogens with zero attached hydrogens (tertiary/aromatic N) is 1. The number of aryl methyl sites for hydroxylation is 2. The Morgan fingerprint density at radius 2 is 1.65 bits per heavy atom. The summed E-state index contributed by atoms with van der Waals surface area (Å²) in [4.78, 5) is 42.8. The van der Waals surface area contributed by atoms with Crippen LogP contribution in [0.25, 0.3) is 0 Å². The molecular weight excluding hydrogens is 546 g/mol. The Morgan fingerprint density at radius 3 is 2.21 bits per heavy atom. The zero-order chi connectivity index (χ0) is 31.7. The van der Waals surface area contributed by atoms with Crippen molar-refractivity contribution in [1.82, 2.24) is 10.2 Å². The Balaban J connectivity index is 2.06. The molecule has 0 radical (unpaired) electrons. The Morgan fingerprint density at radius 1 is 1.00 bits per heavy atom. The first-order chi connectivity index (χ1) is 20.3. The third kappa shape index (κ3) is 9.36. The summed E-state index contributed by atoms with van der Waals surface area (Å²) in [5.41, 5.74) is 2.89. The lowest BCUT2D eigenvalue weighted by atomic mass is 9.95. The molecule has 0 bridgehead atoms. The van der Waals surface area contributed by atoms with Crippen molar-refractivity contribution in [1.29, 1.82) is 0 Å². The average Bonchev–Trinajstić information content (AvgIpc) is 2.93. The molecule has 2 atom stereocenters. The molecule has 9 heteroatoms. The summed E-state index contributed by atoms with van der Waals surface area (Å²) in [5.74, 6) is -0.232. The maximum atomic E-state index is 14.4. The standard InChI is InChI=1S/C34H41N3O6/c1-8-19-37(32(40)29(36-33(41)43-34(4,5)6)21-24-10-14-26(38)15-11-24)30(28-18-9-22(2)20-23(28)3)31(39)35-25-12-16-27(42-7)17-13-25/h8-18,20,29-30,38H,1,19,21H2,2-7H3,(H,35,39)(H,36,41). The van der Waals surface area contributed by atoms with E-state index >= 15 is 0 Å². The Bertz CT molecular complexity index is 1430. The van der Waals surface area contributed by atoms with Gasteiger partial charge in [-0.15, -0.1) is 6.58 Å². The number of carbonyl (C=O) groups excluding carboxylic acids is 3. The Kier molecular flexibility index (Phi) is 11.0. The topological polar surface area (TPSA) is 117 Å². The summed E-state index contributed by atoms with van der Waals surface area (Å²) < 4.78 is 10.7. The second-order valence-corrected chi connectivity index (χ2v) is 11.3. The van der Waals surface area contributed by atoms with Gasteiger partial charge in [-0.25, -0.2) is 4.79 Å². The molecule has 0 heterocycles. The summed E-state index contributed by atoms with van der Waals surface area (Å²) in [5, 5.41) is 15.4. The summed E-state index contributed by atoms with van der Waals surface area (Å²) in [6, 6.07) is 16.8. The van der Waals surface area contributed by atoms with Crippen LogP contribution in [0.1, 0.15) is 49.1 Å². The summed E-state index contributed by atoms with van der Waals surface area (Å²) >= 11 is 0. The van der Waals surface area contributed by atoms with Gasteiger partial charge in [-0.1, -0.05) is 42.0 Å². The number of benzene rings is 3. The van der Waals surface area contributed by atoms with Crippen LogP contribution < -0.4 is 15.4 Å². The highest BCUT2D eigenvalue weighted by Crippen LogP contribution is 2.29. The van der Waals surface area contributed by atoms with Crippen molar-refractivity contribution in [3.05, 3.63) is 102 Å². The second-order valence-electron chi connectivity index (χ2n) is 11.3. The Labute approximate surface area is 253 Å². The van der Waals surface area contributed by atoms with Crippen molar-refractivity contribution in [2.24, 2.45) is 0 Å². The number of rotatable bonds is 11. The smallest absolute Gasteiger partial charge is 0.408 e. The van der Waals surface area contributed by atoms with Crippen LogP contribution in [-0.2, 0) is 20.7 Å². The van der Waals surface area contributed by atoms with E-state index in [1.807, 2.05) is 32.0 Å². The number of hydrogen-bond acceptors (Lipinski definition) is 6. The number of aromatic hydroxyl groups is 1. The van der Waals surface area contributed by atoms with Gasteiger partial charge in [-0.2, -0.15) is 0 Å². The quantitative estimate of drug-likeness (QED) is 0.243. The molecular formula is C34H41N3O6. The molecule has 9 nitrogen and oxygen atoms in total. The molecule has 3 amide bonds. The van der Waals surface area contributed by atoms with Gasteiger partial charge in [-0.05, 0) is 87.7 Å². The third-order valence-electron chi connectivity index (χ3n) is 6.61. The fraction of sp³-hybridized carbons (Fsp3) is 0.324. The molecule has 3 aromatic rings. The molecule has 0 saturated heterocycles. The Hall–Kier alpha value is -4.79. The number of ether oxygens (including phenoxy) is 2. The number of phenols is 1. The lowest BCUT2D eigenvalue weighted by Crippen LogP contribution is -2.53. The number of nitrogens with one attached hydrogen (secondary N) is 2. The second kappa shape index (κ2) is 14.4. The zero-order valence-corrected chi connectivity index (χ0v) is 25.6. The van der Waals surface area contributed by atoms with E-state index in [4.69, 9.17) is 9.47 Å². The maximum absolute atomic E-state index is 14.4. The van der Waals surface area contributed by atoms with Crippen LogP contribution in [0.3, 0.4) is 0 Å². The van der Waals surface area contributed by atoms with Gasteiger partial charge in [-0.3, -0.25) is 9.59 Å². The molecule has 0 saturated carbocycles. The number of phenolic OH excluding ortho intramolecular Hbond substituents is 1. The van der Waals surface area contributed by atoms with E-state index in [-0.39, 0.29) is 18.7 Å². The summed E-state index contributed by atoms with van der Waals surface area (Å²) in [6.07, 6.45) is 0.861. The molecule has 2 unspecified atom stereocenters. The van der Waals surface area contributed by atoms with Gasteiger partial charge in [0.15, 0.2) is 0 Å². The molecule has 0 spiro atoms. The normalized spacial score (nSPS) is 12.4. The first-order valence-electron chi connectivity index (χ1n) is 14.0. The number of methoxy groups -OCH3 is 1. The number of anilines is 1. The molecule has 228 valence electrons. The highest BCUT2D eigenvalue weighted by Gasteiger charge is 2.36. The van der Waals surface area contributed by atoms with Crippen LogP contribution in [0, 0.1) is 13.8 Å². The van der Waals surface area contributed by atoms with Crippen molar-refractivity contribution in [3.8, 4) is 11.5 Å². The molecule has 3 rings (SSSR count). The molecule has 0 aliphatic rings. The van der Waals surface area contributed by atoms with Gasteiger partial charge in [0.25, 0.3) is 5.91 Å². The number of alkyl carbamates (subject to hydrolysis) is 1. The predicted molar refractivity (Wildman–Crippen MR) is 167 cm³/mol. The summed E-state index contributed by atoms with van der Waals surface area (Å²) in [6.45, 7) is 12.9. The van der Waals surface area contributed by atoms with Crippen LogP contribution in [0.4, 0.5) is 10.5 Å². The predicted octanol–water partition coefficient (Wildman–Crippen LogP) is 5.85. The molecule has 0 aliphatic carbocycles. The van der Waals surface area contributed by atoms with Gasteiger partial charge >= 0.3 is 6.09 Å². The molecule has 3 aromatic carbocycles. The van der Waals surface area contributed by atoms with Crippen molar-refractivity contribution in [3.63, 3.8) is 0 Å². The number of amides is 3. The van der Waals surface area contributed by atoms with Crippen molar-refractivity contribution >= 4 is 23.6 Å².